The molecule has 55 heavy (non-hydrogen) atoms. The molecular weight excluding hydrogens is 669 g/mol. The fourth-order valence-electron chi connectivity index (χ4n) is 8.48. The van der Waals surface area contributed by atoms with Crippen molar-refractivity contribution >= 4 is 71.6 Å². The van der Waals surface area contributed by atoms with E-state index in [0.717, 1.165) is 50.2 Å². The molecule has 0 saturated carbocycles. The Hall–Kier alpha value is -7.36. The summed E-state index contributed by atoms with van der Waals surface area (Å²) in [5.41, 5.74) is 13.1. The molecule has 0 saturated heterocycles. The normalized spacial score (nSPS) is 11.6. The molecule has 3 heteroatoms. The maximum atomic E-state index is 6.95. The van der Waals surface area contributed by atoms with E-state index >= 15 is 0 Å². The lowest BCUT2D eigenvalue weighted by atomic mass is 9.98. The zero-order valence-corrected chi connectivity index (χ0v) is 29.9. The van der Waals surface area contributed by atoms with Gasteiger partial charge in [0.25, 0.3) is 0 Å². The maximum absolute atomic E-state index is 6.95. The van der Waals surface area contributed by atoms with Crippen molar-refractivity contribution in [2.75, 3.05) is 4.90 Å². The number of para-hydroxylation sites is 3. The number of hydrogen-bond donors (Lipinski definition) is 0. The van der Waals surface area contributed by atoms with Gasteiger partial charge in [0.05, 0.1) is 22.4 Å². The first-order chi connectivity index (χ1) is 27.3. The van der Waals surface area contributed by atoms with E-state index in [1.807, 2.05) is 0 Å². The van der Waals surface area contributed by atoms with E-state index < -0.39 is 0 Å². The number of anilines is 3. The highest BCUT2D eigenvalue weighted by molar-refractivity contribution is 6.22. The molecule has 0 unspecified atom stereocenters. The molecule has 2 heterocycles. The minimum absolute atomic E-state index is 0.855. The highest BCUT2D eigenvalue weighted by Gasteiger charge is 2.24. The number of rotatable bonds is 6. The highest BCUT2D eigenvalue weighted by Crippen LogP contribution is 2.48. The van der Waals surface area contributed by atoms with E-state index in [9.17, 15) is 0 Å². The Morgan fingerprint density at radius 2 is 0.982 bits per heavy atom. The highest BCUT2D eigenvalue weighted by atomic mass is 16.3. The summed E-state index contributed by atoms with van der Waals surface area (Å²) in [5.74, 6) is 0. The molecule has 9 aromatic carbocycles. The zero-order chi connectivity index (χ0) is 36.3. The van der Waals surface area contributed by atoms with Crippen LogP contribution in [0.2, 0.25) is 0 Å². The minimum atomic E-state index is 0.855. The molecule has 0 aliphatic heterocycles. The van der Waals surface area contributed by atoms with Gasteiger partial charge in [0.1, 0.15) is 5.58 Å². The van der Waals surface area contributed by atoms with E-state index in [4.69, 9.17) is 4.42 Å². The van der Waals surface area contributed by atoms with Crippen LogP contribution >= 0.6 is 0 Å². The van der Waals surface area contributed by atoms with Gasteiger partial charge in [-0.1, -0.05) is 146 Å². The Labute approximate surface area is 318 Å². The molecule has 11 aromatic rings. The predicted molar refractivity (Wildman–Crippen MR) is 231 cm³/mol. The lowest BCUT2D eigenvalue weighted by Gasteiger charge is -2.27. The topological polar surface area (TPSA) is 21.3 Å². The number of aromatic nitrogens is 1. The first-order valence-electron chi connectivity index (χ1n) is 18.8. The fourth-order valence-corrected chi connectivity index (χ4v) is 8.48. The smallest absolute Gasteiger partial charge is 0.159 e. The van der Waals surface area contributed by atoms with Gasteiger partial charge in [-0.2, -0.15) is 0 Å². The van der Waals surface area contributed by atoms with Crippen molar-refractivity contribution < 1.29 is 4.42 Å². The van der Waals surface area contributed by atoms with E-state index in [1.54, 1.807) is 0 Å². The molecule has 0 aliphatic rings. The van der Waals surface area contributed by atoms with Gasteiger partial charge in [-0.25, -0.2) is 0 Å². The predicted octanol–water partition coefficient (Wildman–Crippen LogP) is 14.6. The van der Waals surface area contributed by atoms with Crippen molar-refractivity contribution in [3.8, 4) is 27.9 Å². The number of benzene rings is 9. The minimum Gasteiger partial charge on any atom is -0.454 e. The van der Waals surface area contributed by atoms with Crippen LogP contribution in [0, 0.1) is 0 Å². The van der Waals surface area contributed by atoms with Crippen LogP contribution in [0.15, 0.2) is 211 Å². The van der Waals surface area contributed by atoms with Crippen molar-refractivity contribution in [1.82, 2.24) is 4.57 Å². The van der Waals surface area contributed by atoms with Crippen molar-refractivity contribution in [3.63, 3.8) is 0 Å². The van der Waals surface area contributed by atoms with E-state index in [0.29, 0.717) is 0 Å². The average molecular weight is 703 g/mol. The van der Waals surface area contributed by atoms with Gasteiger partial charge < -0.3 is 13.9 Å². The zero-order valence-electron chi connectivity index (χ0n) is 29.9. The van der Waals surface area contributed by atoms with Crippen LogP contribution in [0.1, 0.15) is 0 Å². The fraction of sp³-hybridized carbons (Fsp3) is 0. The summed E-state index contributed by atoms with van der Waals surface area (Å²) in [5, 5.41) is 6.97. The molecule has 0 amide bonds. The average Bonchev–Trinajstić information content (AvgIpc) is 3.82. The van der Waals surface area contributed by atoms with Gasteiger partial charge in [0, 0.05) is 32.9 Å². The summed E-state index contributed by atoms with van der Waals surface area (Å²) in [6.45, 7) is 0. The molecule has 258 valence electrons. The SMILES string of the molecule is c1ccc(-c2ccc(N(c3cccc4c3oc3ccc5cc(-c6ccccc6)ccc5c34)c3cccc4c3c3ccccc3n4-c3ccccc3)cc2)cc1. The molecular formula is C52H34N2O. The molecule has 11 rings (SSSR count). The van der Waals surface area contributed by atoms with Gasteiger partial charge in [-0.05, 0) is 93.7 Å². The van der Waals surface area contributed by atoms with Crippen molar-refractivity contribution in [2.24, 2.45) is 0 Å². The monoisotopic (exact) mass is 702 g/mol. The van der Waals surface area contributed by atoms with Crippen LogP contribution in [0.5, 0.6) is 0 Å². The molecule has 3 nitrogen and oxygen atoms in total. The second-order valence-electron chi connectivity index (χ2n) is 14.1. The molecule has 0 fully saturated rings. The molecule has 0 atom stereocenters. The number of fused-ring (bicyclic) bond motifs is 8. The lowest BCUT2D eigenvalue weighted by molar-refractivity contribution is 0.669. The van der Waals surface area contributed by atoms with Gasteiger partial charge in [0.2, 0.25) is 0 Å². The third-order valence-electron chi connectivity index (χ3n) is 11.0. The third kappa shape index (κ3) is 5.05. The molecule has 0 aliphatic carbocycles. The van der Waals surface area contributed by atoms with E-state index in [1.165, 1.54) is 49.3 Å². The first kappa shape index (κ1) is 31.2. The van der Waals surface area contributed by atoms with Crippen LogP contribution in [0.25, 0.3) is 82.5 Å². The van der Waals surface area contributed by atoms with Crippen LogP contribution in [0.3, 0.4) is 0 Å². The second-order valence-corrected chi connectivity index (χ2v) is 14.1. The molecule has 0 spiro atoms. The van der Waals surface area contributed by atoms with Crippen LogP contribution in [0.4, 0.5) is 17.1 Å². The largest absolute Gasteiger partial charge is 0.454 e. The Morgan fingerprint density at radius 3 is 1.76 bits per heavy atom. The van der Waals surface area contributed by atoms with Crippen LogP contribution in [-0.4, -0.2) is 4.57 Å². The quantitative estimate of drug-likeness (QED) is 0.172. The van der Waals surface area contributed by atoms with Crippen LogP contribution < -0.4 is 4.90 Å². The molecule has 2 aromatic heterocycles. The Kier molecular flexibility index (Phi) is 7.17. The van der Waals surface area contributed by atoms with E-state index in [2.05, 4.69) is 216 Å². The van der Waals surface area contributed by atoms with E-state index in [-0.39, 0.29) is 0 Å². The maximum Gasteiger partial charge on any atom is 0.159 e. The number of furan rings is 1. The lowest BCUT2D eigenvalue weighted by Crippen LogP contribution is -2.10. The third-order valence-corrected chi connectivity index (χ3v) is 11.0. The second kappa shape index (κ2) is 12.6. The van der Waals surface area contributed by atoms with Crippen molar-refractivity contribution in [2.45, 2.75) is 0 Å². The standard InChI is InChI=1S/C52H34N2O/c1-4-14-35(15-5-1)37-26-30-41(31-27-37)54(47-24-13-23-46-51(47)43-20-10-11-22-45(43)53(46)40-18-8-3-9-19-40)48-25-12-21-44-50-42-32-28-38(36-16-6-2-7-17-36)34-39(42)29-33-49(50)55-52(44)48/h1-34H. The van der Waals surface area contributed by atoms with Gasteiger partial charge in [0.15, 0.2) is 5.58 Å². The summed E-state index contributed by atoms with van der Waals surface area (Å²) in [6.07, 6.45) is 0. The summed E-state index contributed by atoms with van der Waals surface area (Å²) < 4.78 is 9.33. The summed E-state index contributed by atoms with van der Waals surface area (Å²) in [7, 11) is 0. The van der Waals surface area contributed by atoms with Gasteiger partial charge in [-0.3, -0.25) is 0 Å². The van der Waals surface area contributed by atoms with Gasteiger partial charge in [-0.15, -0.1) is 0 Å². The Bertz CT molecular complexity index is 3180. The summed E-state index contributed by atoms with van der Waals surface area (Å²) in [4.78, 5) is 2.39. The Morgan fingerprint density at radius 1 is 0.382 bits per heavy atom. The number of hydrogen-bond acceptors (Lipinski definition) is 2. The Balaban J connectivity index is 1.17. The van der Waals surface area contributed by atoms with Crippen molar-refractivity contribution in [3.05, 3.63) is 206 Å². The molecule has 0 N–H and O–H groups in total. The summed E-state index contributed by atoms with van der Waals surface area (Å²) >= 11 is 0. The van der Waals surface area contributed by atoms with Gasteiger partial charge >= 0.3 is 0 Å². The van der Waals surface area contributed by atoms with Crippen molar-refractivity contribution in [1.29, 1.82) is 0 Å². The van der Waals surface area contributed by atoms with Crippen LogP contribution in [-0.2, 0) is 0 Å². The summed E-state index contributed by atoms with van der Waals surface area (Å²) in [6, 6.07) is 73.7. The molecule has 0 bridgehead atoms. The first-order valence-corrected chi connectivity index (χ1v) is 18.8. The molecule has 0 radical (unpaired) electrons. The number of nitrogens with zero attached hydrogens (tertiary/aromatic N) is 2.